The minimum Gasteiger partial charge on any atom is -0.423 e. The van der Waals surface area contributed by atoms with Crippen LogP contribution in [0.15, 0.2) is 42.5 Å². The fraction of sp³-hybridized carbons (Fsp3) is 0.125. The van der Waals surface area contributed by atoms with Gasteiger partial charge in [0.2, 0.25) is 0 Å². The summed E-state index contributed by atoms with van der Waals surface area (Å²) in [5.41, 5.74) is 3.30. The summed E-state index contributed by atoms with van der Waals surface area (Å²) in [6.07, 6.45) is 0. The highest BCUT2D eigenvalue weighted by Crippen LogP contribution is 2.15. The third kappa shape index (κ3) is 3.41. The second-order valence-electron chi connectivity index (χ2n) is 5.29. The highest BCUT2D eigenvalue weighted by Gasteiger charge is 2.27. The van der Waals surface area contributed by atoms with Gasteiger partial charge in [0.05, 0.1) is 6.61 Å². The van der Waals surface area contributed by atoms with Crippen LogP contribution < -0.4 is 16.1 Å². The third-order valence-corrected chi connectivity index (χ3v) is 3.62. The Morgan fingerprint density at radius 3 is 2.43 bits per heavy atom. The van der Waals surface area contributed by atoms with Gasteiger partial charge in [0.1, 0.15) is 0 Å². The van der Waals surface area contributed by atoms with E-state index in [0.29, 0.717) is 29.0 Å². The summed E-state index contributed by atoms with van der Waals surface area (Å²) in [7, 11) is -0.950. The number of benzene rings is 2. The summed E-state index contributed by atoms with van der Waals surface area (Å²) in [6.45, 7) is 1.85. The minimum atomic E-state index is -0.950. The molecule has 116 valence electrons. The van der Waals surface area contributed by atoms with Gasteiger partial charge in [-0.1, -0.05) is 6.07 Å². The van der Waals surface area contributed by atoms with Crippen molar-refractivity contribution in [3.05, 3.63) is 53.6 Å². The first-order valence-electron chi connectivity index (χ1n) is 7.14. The second-order valence-corrected chi connectivity index (χ2v) is 5.29. The van der Waals surface area contributed by atoms with Gasteiger partial charge in [-0.2, -0.15) is 0 Å². The van der Waals surface area contributed by atoms with Gasteiger partial charge >= 0.3 is 13.1 Å². The van der Waals surface area contributed by atoms with Crippen molar-refractivity contribution in [2.45, 2.75) is 13.5 Å². The summed E-state index contributed by atoms with van der Waals surface area (Å²) in [5, 5.41) is 15.0. The van der Waals surface area contributed by atoms with Crippen molar-refractivity contribution < 1.29 is 19.3 Å². The average Bonchev–Trinajstić information content (AvgIpc) is 2.89. The van der Waals surface area contributed by atoms with Gasteiger partial charge < -0.3 is 20.3 Å². The smallest absolute Gasteiger partial charge is 0.423 e. The maximum absolute atomic E-state index is 12.0. The van der Waals surface area contributed by atoms with Crippen LogP contribution in [0.2, 0.25) is 0 Å². The van der Waals surface area contributed by atoms with E-state index in [4.69, 9.17) is 4.65 Å². The van der Waals surface area contributed by atoms with E-state index < -0.39 is 13.1 Å². The van der Waals surface area contributed by atoms with E-state index in [1.54, 1.807) is 36.4 Å². The summed E-state index contributed by atoms with van der Waals surface area (Å²) in [4.78, 5) is 23.2. The van der Waals surface area contributed by atoms with Crippen LogP contribution in [0.5, 0.6) is 0 Å². The monoisotopic (exact) mass is 310 g/mol. The number of Topliss-reactive ketones (excluding diaryl/α,β-unsaturated/α-hetero) is 1. The average molecular weight is 310 g/mol. The Bertz CT molecular complexity index is 761. The molecule has 0 saturated carbocycles. The van der Waals surface area contributed by atoms with Crippen molar-refractivity contribution in [3.63, 3.8) is 0 Å². The van der Waals surface area contributed by atoms with E-state index in [1.807, 2.05) is 6.07 Å². The van der Waals surface area contributed by atoms with Gasteiger partial charge in [0, 0.05) is 16.9 Å². The molecule has 0 unspecified atom stereocenters. The molecule has 23 heavy (non-hydrogen) atoms. The number of amides is 2. The lowest BCUT2D eigenvalue weighted by Crippen LogP contribution is -2.29. The highest BCUT2D eigenvalue weighted by molar-refractivity contribution is 6.61. The Labute approximate surface area is 133 Å². The molecule has 3 rings (SSSR count). The molecular weight excluding hydrogens is 295 g/mol. The van der Waals surface area contributed by atoms with Gasteiger partial charge in [-0.05, 0) is 54.3 Å². The fourth-order valence-electron chi connectivity index (χ4n) is 2.37. The van der Waals surface area contributed by atoms with Crippen molar-refractivity contribution in [2.24, 2.45) is 0 Å². The van der Waals surface area contributed by atoms with Crippen LogP contribution in [0.25, 0.3) is 0 Å². The Balaban J connectivity index is 1.65. The summed E-state index contributed by atoms with van der Waals surface area (Å²) in [5.74, 6) is -0.0279. The Hall–Kier alpha value is -2.64. The van der Waals surface area contributed by atoms with Crippen LogP contribution in [-0.2, 0) is 11.3 Å². The second kappa shape index (κ2) is 6.24. The lowest BCUT2D eigenvalue weighted by molar-refractivity contribution is 0.101. The number of anilines is 2. The van der Waals surface area contributed by atoms with Gasteiger partial charge in [-0.25, -0.2) is 4.79 Å². The largest absolute Gasteiger partial charge is 0.491 e. The van der Waals surface area contributed by atoms with Gasteiger partial charge in [0.25, 0.3) is 0 Å². The molecule has 2 aromatic carbocycles. The Morgan fingerprint density at radius 1 is 1.09 bits per heavy atom. The summed E-state index contributed by atoms with van der Waals surface area (Å²) in [6, 6.07) is 11.5. The summed E-state index contributed by atoms with van der Waals surface area (Å²) >= 11 is 0. The third-order valence-electron chi connectivity index (χ3n) is 3.62. The van der Waals surface area contributed by atoms with Crippen LogP contribution in [0.1, 0.15) is 22.8 Å². The van der Waals surface area contributed by atoms with E-state index in [1.165, 1.54) is 6.92 Å². The molecule has 1 aliphatic heterocycles. The van der Waals surface area contributed by atoms with E-state index >= 15 is 0 Å². The van der Waals surface area contributed by atoms with E-state index in [-0.39, 0.29) is 5.78 Å². The molecule has 3 N–H and O–H groups in total. The number of nitrogens with one attached hydrogen (secondary N) is 2. The molecule has 7 heteroatoms. The maximum Gasteiger partial charge on any atom is 0.491 e. The molecule has 0 saturated heterocycles. The van der Waals surface area contributed by atoms with Gasteiger partial charge in [0.15, 0.2) is 5.78 Å². The van der Waals surface area contributed by atoms with Crippen LogP contribution in [0.3, 0.4) is 0 Å². The quantitative estimate of drug-likeness (QED) is 0.595. The number of rotatable bonds is 3. The molecule has 1 heterocycles. The molecule has 2 amide bonds. The Kier molecular flexibility index (Phi) is 4.14. The first-order chi connectivity index (χ1) is 11.0. The predicted molar refractivity (Wildman–Crippen MR) is 87.9 cm³/mol. The minimum absolute atomic E-state index is 0.0279. The molecule has 0 aromatic heterocycles. The van der Waals surface area contributed by atoms with E-state index in [0.717, 1.165) is 5.56 Å². The number of carbonyl (C=O) groups excluding carboxylic acids is 2. The highest BCUT2D eigenvalue weighted by atomic mass is 16.5. The Morgan fingerprint density at radius 2 is 1.74 bits per heavy atom. The normalized spacial score (nSPS) is 12.7. The first-order valence-corrected chi connectivity index (χ1v) is 7.14. The summed E-state index contributed by atoms with van der Waals surface area (Å²) < 4.78 is 5.11. The number of hydrogen-bond donors (Lipinski definition) is 3. The molecule has 0 fully saturated rings. The predicted octanol–water partition coefficient (Wildman–Crippen LogP) is 1.75. The van der Waals surface area contributed by atoms with Gasteiger partial charge in [-0.3, -0.25) is 4.79 Å². The molecule has 0 spiro atoms. The number of fused-ring (bicyclic) bond motifs is 1. The zero-order valence-corrected chi connectivity index (χ0v) is 12.5. The zero-order chi connectivity index (χ0) is 16.4. The number of carbonyl (C=O) groups is 2. The lowest BCUT2D eigenvalue weighted by Gasteiger charge is -2.09. The molecule has 0 aliphatic carbocycles. The fourth-order valence-corrected chi connectivity index (χ4v) is 2.37. The number of ketones is 1. The molecule has 0 bridgehead atoms. The van der Waals surface area contributed by atoms with Crippen LogP contribution in [-0.4, -0.2) is 24.0 Å². The molecule has 0 radical (unpaired) electrons. The molecule has 2 aromatic rings. The molecule has 0 atom stereocenters. The molecule has 6 nitrogen and oxygen atoms in total. The maximum atomic E-state index is 12.0. The first kappa shape index (κ1) is 15.3. The lowest BCUT2D eigenvalue weighted by atomic mass is 9.79. The SMILES string of the molecule is CC(=O)c1ccc(NC(=O)Nc2ccc3c(c2)B(O)OC3)cc1. The van der Waals surface area contributed by atoms with E-state index in [2.05, 4.69) is 10.6 Å². The van der Waals surface area contributed by atoms with Crippen molar-refractivity contribution in [1.29, 1.82) is 0 Å². The van der Waals surface area contributed by atoms with Crippen molar-refractivity contribution in [1.82, 2.24) is 0 Å². The molecule has 1 aliphatic rings. The van der Waals surface area contributed by atoms with E-state index in [9.17, 15) is 14.6 Å². The number of urea groups is 1. The van der Waals surface area contributed by atoms with Crippen molar-refractivity contribution in [3.8, 4) is 0 Å². The zero-order valence-electron chi connectivity index (χ0n) is 12.5. The number of hydrogen-bond acceptors (Lipinski definition) is 4. The van der Waals surface area contributed by atoms with Gasteiger partial charge in [-0.15, -0.1) is 0 Å². The van der Waals surface area contributed by atoms with Crippen molar-refractivity contribution in [2.75, 3.05) is 10.6 Å². The molecular formula is C16H15BN2O4. The standard InChI is InChI=1S/C16H15BN2O4/c1-10(20)11-2-5-13(6-3-11)18-16(21)19-14-7-4-12-9-23-17(22)15(12)8-14/h2-8,22H,9H2,1H3,(H2,18,19,21). The van der Waals surface area contributed by atoms with Crippen molar-refractivity contribution >= 4 is 35.8 Å². The van der Waals surface area contributed by atoms with Crippen LogP contribution in [0, 0.1) is 0 Å². The topological polar surface area (TPSA) is 87.7 Å². The van der Waals surface area contributed by atoms with Crippen LogP contribution >= 0.6 is 0 Å². The van der Waals surface area contributed by atoms with Crippen LogP contribution in [0.4, 0.5) is 16.2 Å².